The van der Waals surface area contributed by atoms with Gasteiger partial charge in [0, 0.05) is 24.1 Å². The van der Waals surface area contributed by atoms with Crippen molar-refractivity contribution in [1.82, 2.24) is 10.6 Å². The zero-order valence-corrected chi connectivity index (χ0v) is 11.6. The molecule has 0 atom stereocenters. The third-order valence-electron chi connectivity index (χ3n) is 2.83. The van der Waals surface area contributed by atoms with Crippen LogP contribution in [0.4, 0.5) is 4.79 Å². The molecule has 0 saturated heterocycles. The molecule has 4 heteroatoms. The summed E-state index contributed by atoms with van der Waals surface area (Å²) in [6.45, 7) is 2.83. The van der Waals surface area contributed by atoms with Crippen LogP contribution in [0.15, 0.2) is 24.3 Å². The number of nitrogens with one attached hydrogen (secondary N) is 2. The lowest BCUT2D eigenvalue weighted by Gasteiger charge is -2.06. The van der Waals surface area contributed by atoms with Crippen molar-refractivity contribution in [3.8, 4) is 0 Å². The van der Waals surface area contributed by atoms with Gasteiger partial charge in [-0.1, -0.05) is 29.8 Å². The van der Waals surface area contributed by atoms with E-state index in [9.17, 15) is 4.79 Å². The Labute approximate surface area is 113 Å². The smallest absolute Gasteiger partial charge is 0.315 e. The van der Waals surface area contributed by atoms with Gasteiger partial charge in [0.1, 0.15) is 0 Å². The van der Waals surface area contributed by atoms with Crippen molar-refractivity contribution in [2.75, 3.05) is 12.3 Å². The van der Waals surface area contributed by atoms with Gasteiger partial charge < -0.3 is 10.6 Å². The lowest BCUT2D eigenvalue weighted by atomic mass is 10.2. The number of rotatable bonds is 6. The molecule has 0 heterocycles. The van der Waals surface area contributed by atoms with E-state index in [1.54, 1.807) is 0 Å². The van der Waals surface area contributed by atoms with Gasteiger partial charge in [-0.3, -0.25) is 0 Å². The maximum absolute atomic E-state index is 11.3. The van der Waals surface area contributed by atoms with Crippen LogP contribution in [-0.2, 0) is 5.75 Å². The Morgan fingerprint density at radius 2 is 2.06 bits per heavy atom. The monoisotopic (exact) mass is 264 g/mol. The van der Waals surface area contributed by atoms with Crippen molar-refractivity contribution in [2.24, 2.45) is 0 Å². The van der Waals surface area contributed by atoms with Gasteiger partial charge in [0.2, 0.25) is 0 Å². The Morgan fingerprint density at radius 3 is 2.72 bits per heavy atom. The molecule has 1 aliphatic rings. The van der Waals surface area contributed by atoms with Crippen LogP contribution in [0.3, 0.4) is 0 Å². The summed E-state index contributed by atoms with van der Waals surface area (Å²) in [6.07, 6.45) is 2.27. The van der Waals surface area contributed by atoms with Crippen molar-refractivity contribution in [3.05, 3.63) is 35.4 Å². The average molecular weight is 264 g/mol. The number of hydrogen-bond acceptors (Lipinski definition) is 2. The van der Waals surface area contributed by atoms with Gasteiger partial charge in [0.15, 0.2) is 0 Å². The van der Waals surface area contributed by atoms with Crippen molar-refractivity contribution in [2.45, 2.75) is 31.6 Å². The molecule has 0 radical (unpaired) electrons. The summed E-state index contributed by atoms with van der Waals surface area (Å²) in [4.78, 5) is 11.3. The van der Waals surface area contributed by atoms with Crippen LogP contribution in [0.5, 0.6) is 0 Å². The lowest BCUT2D eigenvalue weighted by Crippen LogP contribution is -2.37. The molecule has 0 spiro atoms. The first kappa shape index (κ1) is 13.3. The minimum absolute atomic E-state index is 0.0200. The van der Waals surface area contributed by atoms with E-state index in [4.69, 9.17) is 0 Å². The molecular weight excluding hydrogens is 244 g/mol. The third-order valence-corrected chi connectivity index (χ3v) is 3.86. The Bertz CT molecular complexity index is 387. The quantitative estimate of drug-likeness (QED) is 0.776. The first-order valence-electron chi connectivity index (χ1n) is 6.42. The summed E-state index contributed by atoms with van der Waals surface area (Å²) in [5, 5.41) is 5.79. The second-order valence-electron chi connectivity index (χ2n) is 4.71. The molecule has 0 aliphatic heterocycles. The highest BCUT2D eigenvalue weighted by atomic mass is 32.2. The molecular formula is C14H20N2OS. The summed E-state index contributed by atoms with van der Waals surface area (Å²) in [7, 11) is 0. The van der Waals surface area contributed by atoms with Crippen molar-refractivity contribution >= 4 is 17.8 Å². The van der Waals surface area contributed by atoms with Crippen LogP contribution in [0.2, 0.25) is 0 Å². The van der Waals surface area contributed by atoms with Gasteiger partial charge in [-0.05, 0) is 25.3 Å². The first-order chi connectivity index (χ1) is 8.74. The molecule has 1 aromatic rings. The molecule has 0 unspecified atom stereocenters. The predicted octanol–water partition coefficient (Wildman–Crippen LogP) is 2.69. The fourth-order valence-corrected chi connectivity index (χ4v) is 2.39. The van der Waals surface area contributed by atoms with Crippen LogP contribution >= 0.6 is 11.8 Å². The van der Waals surface area contributed by atoms with E-state index in [2.05, 4.69) is 41.8 Å². The van der Waals surface area contributed by atoms with Gasteiger partial charge in [0.25, 0.3) is 0 Å². The van der Waals surface area contributed by atoms with Crippen LogP contribution in [0.25, 0.3) is 0 Å². The van der Waals surface area contributed by atoms with E-state index in [1.165, 1.54) is 11.1 Å². The largest absolute Gasteiger partial charge is 0.337 e. The minimum Gasteiger partial charge on any atom is -0.337 e. The van der Waals surface area contributed by atoms with E-state index in [0.717, 1.165) is 30.9 Å². The second-order valence-corrected chi connectivity index (χ2v) is 5.82. The maximum atomic E-state index is 11.3. The Balaban J connectivity index is 1.52. The van der Waals surface area contributed by atoms with E-state index >= 15 is 0 Å². The van der Waals surface area contributed by atoms with Crippen LogP contribution in [0, 0.1) is 6.92 Å². The topological polar surface area (TPSA) is 41.1 Å². The van der Waals surface area contributed by atoms with Gasteiger partial charge in [-0.15, -0.1) is 0 Å². The Hall–Kier alpha value is -1.16. The molecule has 98 valence electrons. The van der Waals surface area contributed by atoms with Gasteiger partial charge in [-0.25, -0.2) is 4.79 Å². The Morgan fingerprint density at radius 1 is 1.33 bits per heavy atom. The molecule has 18 heavy (non-hydrogen) atoms. The number of urea groups is 1. The predicted molar refractivity (Wildman–Crippen MR) is 76.9 cm³/mol. The minimum atomic E-state index is -0.0200. The van der Waals surface area contributed by atoms with Gasteiger partial charge in [-0.2, -0.15) is 11.8 Å². The fourth-order valence-electron chi connectivity index (χ4n) is 1.58. The summed E-state index contributed by atoms with van der Waals surface area (Å²) >= 11 is 1.85. The van der Waals surface area contributed by atoms with Crippen molar-refractivity contribution in [1.29, 1.82) is 0 Å². The van der Waals surface area contributed by atoms with E-state index in [0.29, 0.717) is 6.04 Å². The molecule has 1 aliphatic carbocycles. The first-order valence-corrected chi connectivity index (χ1v) is 7.57. The maximum Gasteiger partial charge on any atom is 0.315 e. The second kappa shape index (κ2) is 6.69. The molecule has 0 bridgehead atoms. The summed E-state index contributed by atoms with van der Waals surface area (Å²) in [5.41, 5.74) is 2.63. The zero-order valence-electron chi connectivity index (χ0n) is 10.7. The zero-order chi connectivity index (χ0) is 12.8. The molecule has 2 amide bonds. The van der Waals surface area contributed by atoms with Gasteiger partial charge in [0.05, 0.1) is 0 Å². The molecule has 0 aromatic heterocycles. The third kappa shape index (κ3) is 5.00. The molecule has 1 aromatic carbocycles. The van der Waals surface area contributed by atoms with Crippen LogP contribution in [0.1, 0.15) is 24.0 Å². The van der Waals surface area contributed by atoms with E-state index in [-0.39, 0.29) is 6.03 Å². The number of carbonyl (C=O) groups is 1. The fraction of sp³-hybridized carbons (Fsp3) is 0.500. The normalized spacial score (nSPS) is 14.3. The van der Waals surface area contributed by atoms with Crippen LogP contribution < -0.4 is 10.6 Å². The molecule has 2 rings (SSSR count). The SMILES string of the molecule is Cc1ccc(CSCCNC(=O)NC2CC2)cc1. The van der Waals surface area contributed by atoms with Crippen molar-refractivity contribution in [3.63, 3.8) is 0 Å². The van der Waals surface area contributed by atoms with Crippen LogP contribution in [-0.4, -0.2) is 24.4 Å². The molecule has 1 saturated carbocycles. The van der Waals surface area contributed by atoms with Gasteiger partial charge >= 0.3 is 6.03 Å². The highest BCUT2D eigenvalue weighted by Gasteiger charge is 2.22. The summed E-state index contributed by atoms with van der Waals surface area (Å²) < 4.78 is 0. The summed E-state index contributed by atoms with van der Waals surface area (Å²) in [6, 6.07) is 9.01. The number of carbonyl (C=O) groups excluding carboxylic acids is 1. The standard InChI is InChI=1S/C14H20N2OS/c1-11-2-4-12(5-3-11)10-18-9-8-15-14(17)16-13-6-7-13/h2-5,13H,6-10H2,1H3,(H2,15,16,17). The molecule has 3 nitrogen and oxygen atoms in total. The van der Waals surface area contributed by atoms with E-state index in [1.807, 2.05) is 11.8 Å². The highest BCUT2D eigenvalue weighted by molar-refractivity contribution is 7.98. The highest BCUT2D eigenvalue weighted by Crippen LogP contribution is 2.18. The van der Waals surface area contributed by atoms with Crippen molar-refractivity contribution < 1.29 is 4.79 Å². The number of aryl methyl sites for hydroxylation is 1. The number of benzene rings is 1. The number of amides is 2. The number of thioether (sulfide) groups is 1. The summed E-state index contributed by atoms with van der Waals surface area (Å²) in [5.74, 6) is 1.96. The number of hydrogen-bond donors (Lipinski definition) is 2. The lowest BCUT2D eigenvalue weighted by molar-refractivity contribution is 0.241. The average Bonchev–Trinajstić information content (AvgIpc) is 3.15. The Kier molecular flexibility index (Phi) is 4.93. The van der Waals surface area contributed by atoms with E-state index < -0.39 is 0 Å². The molecule has 1 fully saturated rings. The molecule has 2 N–H and O–H groups in total.